The van der Waals surface area contributed by atoms with Crippen molar-refractivity contribution in [2.45, 2.75) is 57.7 Å². The van der Waals surface area contributed by atoms with Crippen molar-refractivity contribution in [3.05, 3.63) is 58.7 Å². The minimum Gasteiger partial charge on any atom is -0.494 e. The van der Waals surface area contributed by atoms with Crippen molar-refractivity contribution in [3.8, 4) is 5.75 Å². The van der Waals surface area contributed by atoms with Crippen LogP contribution in [0.1, 0.15) is 51.0 Å². The van der Waals surface area contributed by atoms with Crippen molar-refractivity contribution in [3.63, 3.8) is 0 Å². The first-order valence-corrected chi connectivity index (χ1v) is 12.5. The molecule has 0 unspecified atom stereocenters. The summed E-state index contributed by atoms with van der Waals surface area (Å²) < 4.78 is 17.4. The summed E-state index contributed by atoms with van der Waals surface area (Å²) in [6, 6.07) is 7.84. The molecule has 4 rings (SSSR count). The average molecular weight is 472 g/mol. The lowest BCUT2D eigenvalue weighted by molar-refractivity contribution is -0.120. The molecular weight excluding hydrogens is 442 g/mol. The highest BCUT2D eigenvalue weighted by Gasteiger charge is 2.37. The third-order valence-electron chi connectivity index (χ3n) is 5.63. The van der Waals surface area contributed by atoms with E-state index < -0.39 is 0 Å². The zero-order valence-corrected chi connectivity index (χ0v) is 20.0. The van der Waals surface area contributed by atoms with Crippen LogP contribution < -0.4 is 4.74 Å². The number of ether oxygens (including phenoxy) is 3. The van der Waals surface area contributed by atoms with E-state index in [9.17, 15) is 4.79 Å². The molecule has 170 valence electrons. The van der Waals surface area contributed by atoms with E-state index in [4.69, 9.17) is 26.4 Å². The normalized spacial score (nSPS) is 23.7. The molecule has 2 heterocycles. The number of allylic oxidation sites excluding steroid dienone is 1. The van der Waals surface area contributed by atoms with E-state index in [2.05, 4.69) is 6.92 Å². The lowest BCUT2D eigenvalue weighted by atomic mass is 10.1. The highest BCUT2D eigenvalue weighted by atomic mass is 32.2. The summed E-state index contributed by atoms with van der Waals surface area (Å²) in [5.74, 6) is 0.741. The van der Waals surface area contributed by atoms with Gasteiger partial charge in [0.1, 0.15) is 24.8 Å². The number of unbranched alkanes of at least 4 members (excludes halogenated alkanes) is 5. The lowest BCUT2D eigenvalue weighted by Crippen LogP contribution is -2.31. The number of amides is 1. The molecule has 32 heavy (non-hydrogen) atoms. The van der Waals surface area contributed by atoms with Crippen LogP contribution in [0.4, 0.5) is 0 Å². The number of benzene rings is 1. The standard InChI is InChI=1S/C25H29NO4S2/c1-2-3-4-5-6-7-14-28-20-11-8-18(9-12-20)15-23-24(27)26(25(31)32-23)19-10-13-21-22(16-19)30-17-29-21/h8-13,15-16,21-22H,2-7,14,17H2,1H3/b23-15-/t21-,22+/m1/s1. The maximum Gasteiger partial charge on any atom is 0.270 e. The number of thiocarbonyl (C=S) groups is 1. The van der Waals surface area contributed by atoms with Gasteiger partial charge in [-0.3, -0.25) is 9.69 Å². The van der Waals surface area contributed by atoms with Gasteiger partial charge in [0, 0.05) is 5.70 Å². The number of hydrogen-bond donors (Lipinski definition) is 0. The molecular formula is C25H29NO4S2. The highest BCUT2D eigenvalue weighted by Crippen LogP contribution is 2.37. The van der Waals surface area contributed by atoms with Crippen LogP contribution >= 0.6 is 24.0 Å². The molecule has 1 aliphatic carbocycles. The largest absolute Gasteiger partial charge is 0.494 e. The Hall–Kier alpha value is -1.93. The van der Waals surface area contributed by atoms with Gasteiger partial charge in [0.15, 0.2) is 4.32 Å². The van der Waals surface area contributed by atoms with E-state index in [1.807, 2.05) is 48.6 Å². The molecule has 7 heteroatoms. The summed E-state index contributed by atoms with van der Waals surface area (Å²) in [7, 11) is 0. The molecule has 0 saturated carbocycles. The van der Waals surface area contributed by atoms with Gasteiger partial charge >= 0.3 is 0 Å². The van der Waals surface area contributed by atoms with Crippen molar-refractivity contribution < 1.29 is 19.0 Å². The van der Waals surface area contributed by atoms with Crippen LogP contribution in [0.3, 0.4) is 0 Å². The predicted octanol–water partition coefficient (Wildman–Crippen LogP) is 5.82. The fraction of sp³-hybridized carbons (Fsp3) is 0.440. The van der Waals surface area contributed by atoms with Gasteiger partial charge in [-0.2, -0.15) is 0 Å². The van der Waals surface area contributed by atoms with Gasteiger partial charge < -0.3 is 14.2 Å². The zero-order valence-electron chi connectivity index (χ0n) is 18.3. The molecule has 5 nitrogen and oxygen atoms in total. The Morgan fingerprint density at radius 2 is 1.88 bits per heavy atom. The highest BCUT2D eigenvalue weighted by molar-refractivity contribution is 8.26. The molecule has 0 spiro atoms. The van der Waals surface area contributed by atoms with Gasteiger partial charge in [-0.15, -0.1) is 0 Å². The molecule has 0 N–H and O–H groups in total. The third kappa shape index (κ3) is 5.70. The second-order valence-electron chi connectivity index (χ2n) is 8.03. The molecule has 2 saturated heterocycles. The number of fused-ring (bicyclic) bond motifs is 1. The molecule has 3 aliphatic rings. The van der Waals surface area contributed by atoms with Gasteiger partial charge in [0.05, 0.1) is 11.5 Å². The molecule has 0 bridgehead atoms. The molecule has 0 radical (unpaired) electrons. The Morgan fingerprint density at radius 3 is 2.69 bits per heavy atom. The number of carbonyl (C=O) groups excluding carboxylic acids is 1. The van der Waals surface area contributed by atoms with Crippen molar-refractivity contribution in [2.75, 3.05) is 13.4 Å². The molecule has 2 aliphatic heterocycles. The van der Waals surface area contributed by atoms with Crippen molar-refractivity contribution in [2.24, 2.45) is 0 Å². The molecule has 1 aromatic carbocycles. The zero-order chi connectivity index (χ0) is 22.3. The first-order chi connectivity index (χ1) is 15.7. The first kappa shape index (κ1) is 23.2. The minimum atomic E-state index is -0.174. The van der Waals surface area contributed by atoms with Crippen LogP contribution in [0.2, 0.25) is 0 Å². The SMILES string of the molecule is CCCCCCCCOc1ccc(/C=C2\SC(=S)N(C3=C[C@@H]4OCO[C@@H]4C=C3)C2=O)cc1. The number of hydrogen-bond acceptors (Lipinski definition) is 6. The van der Waals surface area contributed by atoms with Gasteiger partial charge in [-0.1, -0.05) is 81.2 Å². The summed E-state index contributed by atoms with van der Waals surface area (Å²) in [5.41, 5.74) is 1.68. The summed E-state index contributed by atoms with van der Waals surface area (Å²) in [4.78, 5) is 15.2. The van der Waals surface area contributed by atoms with Crippen molar-refractivity contribution >= 4 is 40.3 Å². The molecule has 1 amide bonds. The Kier molecular flexibility index (Phi) is 8.19. The smallest absolute Gasteiger partial charge is 0.270 e. The van der Waals surface area contributed by atoms with Gasteiger partial charge in [0.25, 0.3) is 5.91 Å². The average Bonchev–Trinajstić information content (AvgIpc) is 3.37. The summed E-state index contributed by atoms with van der Waals surface area (Å²) in [6.07, 6.45) is 14.8. The topological polar surface area (TPSA) is 48.0 Å². The molecule has 1 aromatic rings. The van der Waals surface area contributed by atoms with E-state index in [0.717, 1.165) is 30.0 Å². The molecule has 0 aromatic heterocycles. The Labute approximate surface area is 199 Å². The van der Waals surface area contributed by atoms with Crippen LogP contribution in [0.5, 0.6) is 5.75 Å². The Morgan fingerprint density at radius 1 is 1.12 bits per heavy atom. The van der Waals surface area contributed by atoms with Crippen LogP contribution in [0, 0.1) is 0 Å². The summed E-state index contributed by atoms with van der Waals surface area (Å²) in [5, 5.41) is 0. The molecule has 2 fully saturated rings. The lowest BCUT2D eigenvalue weighted by Gasteiger charge is -2.22. The predicted molar refractivity (Wildman–Crippen MR) is 132 cm³/mol. The van der Waals surface area contributed by atoms with E-state index in [1.165, 1.54) is 43.9 Å². The van der Waals surface area contributed by atoms with E-state index >= 15 is 0 Å². The minimum absolute atomic E-state index is 0.0884. The monoisotopic (exact) mass is 471 g/mol. The van der Waals surface area contributed by atoms with Gasteiger partial charge in [0.2, 0.25) is 0 Å². The Bertz CT molecular complexity index is 922. The van der Waals surface area contributed by atoms with E-state index in [0.29, 0.717) is 9.23 Å². The fourth-order valence-corrected chi connectivity index (χ4v) is 5.13. The first-order valence-electron chi connectivity index (χ1n) is 11.3. The van der Waals surface area contributed by atoms with Crippen molar-refractivity contribution in [1.82, 2.24) is 4.90 Å². The maximum atomic E-state index is 13.0. The van der Waals surface area contributed by atoms with Gasteiger partial charge in [-0.25, -0.2) is 0 Å². The number of nitrogens with zero attached hydrogens (tertiary/aromatic N) is 1. The summed E-state index contributed by atoms with van der Waals surface area (Å²) >= 11 is 6.80. The fourth-order valence-electron chi connectivity index (χ4n) is 3.83. The van der Waals surface area contributed by atoms with Crippen molar-refractivity contribution in [1.29, 1.82) is 0 Å². The number of rotatable bonds is 10. The second-order valence-corrected chi connectivity index (χ2v) is 9.71. The van der Waals surface area contributed by atoms with E-state index in [1.54, 1.807) is 4.90 Å². The maximum absolute atomic E-state index is 13.0. The molecule has 2 atom stereocenters. The van der Waals surface area contributed by atoms with Crippen LogP contribution in [-0.4, -0.2) is 40.7 Å². The number of thioether (sulfide) groups is 1. The van der Waals surface area contributed by atoms with Crippen LogP contribution in [0.15, 0.2) is 53.1 Å². The number of carbonyl (C=O) groups is 1. The summed E-state index contributed by atoms with van der Waals surface area (Å²) in [6.45, 7) is 3.24. The van der Waals surface area contributed by atoms with E-state index in [-0.39, 0.29) is 24.9 Å². The quantitative estimate of drug-likeness (QED) is 0.243. The van der Waals surface area contributed by atoms with Crippen LogP contribution in [0.25, 0.3) is 6.08 Å². The van der Waals surface area contributed by atoms with Crippen LogP contribution in [-0.2, 0) is 14.3 Å². The Balaban J connectivity index is 1.31. The van der Waals surface area contributed by atoms with Gasteiger partial charge in [-0.05, 0) is 42.3 Å². The third-order valence-corrected chi connectivity index (χ3v) is 6.94. The second kappa shape index (κ2) is 11.3.